The van der Waals surface area contributed by atoms with Crippen molar-refractivity contribution in [3.05, 3.63) is 49.1 Å². The number of hydrogen-bond donors (Lipinski definition) is 2. The number of nitrogens with two attached hydrogens (primary N) is 1. The molecule has 28 heavy (non-hydrogen) atoms. The van der Waals surface area contributed by atoms with Crippen LogP contribution in [0, 0.1) is 0 Å². The summed E-state index contributed by atoms with van der Waals surface area (Å²) in [7, 11) is 0. The molecule has 0 spiro atoms. The highest BCUT2D eigenvalue weighted by Crippen LogP contribution is 2.25. The summed E-state index contributed by atoms with van der Waals surface area (Å²) in [6, 6.07) is 7.95. The van der Waals surface area contributed by atoms with Gasteiger partial charge in [-0.15, -0.1) is 5.10 Å². The van der Waals surface area contributed by atoms with Crippen LogP contribution >= 0.6 is 11.9 Å². The van der Waals surface area contributed by atoms with E-state index in [-0.39, 0.29) is 12.1 Å². The number of nitrogen functional groups attached to an aromatic ring is 1. The highest BCUT2D eigenvalue weighted by Gasteiger charge is 2.15. The first-order chi connectivity index (χ1) is 13.7. The third-order valence-electron chi connectivity index (χ3n) is 4.73. The zero-order valence-corrected chi connectivity index (χ0v) is 16.5. The molecule has 0 radical (unpaired) electrons. The number of piperidine rings is 1. The van der Waals surface area contributed by atoms with E-state index in [4.69, 9.17) is 10.8 Å². The molecule has 1 atom stereocenters. The summed E-state index contributed by atoms with van der Waals surface area (Å²) in [5.41, 5.74) is 9.40. The van der Waals surface area contributed by atoms with E-state index in [1.807, 2.05) is 41.1 Å². The zero-order chi connectivity index (χ0) is 19.5. The molecule has 0 aliphatic carbocycles. The number of pyridine rings is 1. The molecule has 3 N–H and O–H groups in total. The molecular formula is C19H23N7OS. The second-order valence-electron chi connectivity index (χ2n) is 6.62. The Morgan fingerprint density at radius 3 is 2.89 bits per heavy atom. The van der Waals surface area contributed by atoms with Crippen molar-refractivity contribution in [3.63, 3.8) is 0 Å². The lowest BCUT2D eigenvalue weighted by Gasteiger charge is -2.27. The first kappa shape index (κ1) is 18.7. The predicted molar refractivity (Wildman–Crippen MR) is 112 cm³/mol. The number of rotatable bonds is 2. The Labute approximate surface area is 167 Å². The Kier molecular flexibility index (Phi) is 5.47. The number of aliphatic hydroxyl groups is 1. The van der Waals surface area contributed by atoms with Gasteiger partial charge in [-0.3, -0.25) is 0 Å². The van der Waals surface area contributed by atoms with E-state index in [1.54, 1.807) is 28.9 Å². The normalized spacial score (nSPS) is 17.6. The van der Waals surface area contributed by atoms with Crippen molar-refractivity contribution in [2.45, 2.75) is 18.9 Å². The molecule has 0 aromatic carbocycles. The maximum absolute atomic E-state index is 9.16. The minimum absolute atomic E-state index is 0.0776. The van der Waals surface area contributed by atoms with Crippen LogP contribution < -0.4 is 5.73 Å². The van der Waals surface area contributed by atoms with Gasteiger partial charge in [0.05, 0.1) is 23.5 Å². The fraction of sp³-hybridized carbons (Fsp3) is 0.316. The van der Waals surface area contributed by atoms with Gasteiger partial charge in [0.2, 0.25) is 5.95 Å². The lowest BCUT2D eigenvalue weighted by atomic mass is 10.1. The number of hydrogen-bond acceptors (Lipinski definition) is 7. The van der Waals surface area contributed by atoms with Crippen LogP contribution in [0.4, 0.5) is 5.95 Å². The quantitative estimate of drug-likeness (QED) is 0.501. The maximum Gasteiger partial charge on any atom is 0.238 e. The second kappa shape index (κ2) is 8.17. The van der Waals surface area contributed by atoms with Gasteiger partial charge in [-0.25, -0.2) is 18.8 Å². The van der Waals surface area contributed by atoms with Gasteiger partial charge in [0.25, 0.3) is 0 Å². The third kappa shape index (κ3) is 3.82. The summed E-state index contributed by atoms with van der Waals surface area (Å²) in [5.74, 6) is 0.250. The van der Waals surface area contributed by atoms with Crippen LogP contribution in [0.5, 0.6) is 0 Å². The average molecular weight is 398 g/mol. The van der Waals surface area contributed by atoms with Crippen LogP contribution in [0.25, 0.3) is 22.4 Å². The van der Waals surface area contributed by atoms with E-state index < -0.39 is 0 Å². The predicted octanol–water partition coefficient (Wildman–Crippen LogP) is 2.35. The smallest absolute Gasteiger partial charge is 0.238 e. The summed E-state index contributed by atoms with van der Waals surface area (Å²) in [6.45, 7) is 1.99. The SMILES string of the molecule is CSN1CCCC(O)C1.Nc1ncc2ccc(-c3cccn4ccnc34)n2n1. The second-order valence-corrected chi connectivity index (χ2v) is 7.50. The molecule has 1 saturated heterocycles. The van der Waals surface area contributed by atoms with Crippen LogP contribution in [0.2, 0.25) is 0 Å². The molecule has 146 valence electrons. The topological polar surface area (TPSA) is 97.0 Å². The fourth-order valence-corrected chi connectivity index (χ4v) is 3.99. The first-order valence-corrected chi connectivity index (χ1v) is 10.3. The van der Waals surface area contributed by atoms with Gasteiger partial charge in [0.15, 0.2) is 0 Å². The van der Waals surface area contributed by atoms with Crippen LogP contribution in [0.15, 0.2) is 49.1 Å². The molecule has 1 aliphatic heterocycles. The molecule has 0 bridgehead atoms. The highest BCUT2D eigenvalue weighted by atomic mass is 32.2. The van der Waals surface area contributed by atoms with E-state index in [1.165, 1.54) is 0 Å². The molecule has 1 unspecified atom stereocenters. The summed E-state index contributed by atoms with van der Waals surface area (Å²) in [6.07, 6.45) is 11.5. The van der Waals surface area contributed by atoms with Crippen LogP contribution in [0.1, 0.15) is 12.8 Å². The van der Waals surface area contributed by atoms with E-state index in [9.17, 15) is 0 Å². The fourth-order valence-electron chi connectivity index (χ4n) is 3.35. The van der Waals surface area contributed by atoms with E-state index >= 15 is 0 Å². The van der Waals surface area contributed by atoms with Crippen LogP contribution in [-0.2, 0) is 0 Å². The Morgan fingerprint density at radius 1 is 1.21 bits per heavy atom. The molecule has 1 aliphatic rings. The molecule has 0 amide bonds. The molecule has 0 saturated carbocycles. The monoisotopic (exact) mass is 397 g/mol. The van der Waals surface area contributed by atoms with Crippen molar-refractivity contribution < 1.29 is 5.11 Å². The molecule has 5 heterocycles. The number of aromatic nitrogens is 5. The van der Waals surface area contributed by atoms with Gasteiger partial charge in [-0.1, -0.05) is 11.9 Å². The molecule has 4 aromatic rings. The molecule has 5 rings (SSSR count). The van der Waals surface area contributed by atoms with Crippen molar-refractivity contribution in [2.24, 2.45) is 0 Å². The number of fused-ring (bicyclic) bond motifs is 2. The summed E-state index contributed by atoms with van der Waals surface area (Å²) in [5, 5.41) is 13.4. The number of nitrogens with zero attached hydrogens (tertiary/aromatic N) is 6. The first-order valence-electron chi connectivity index (χ1n) is 9.15. The zero-order valence-electron chi connectivity index (χ0n) is 15.6. The Balaban J connectivity index is 0.000000181. The van der Waals surface area contributed by atoms with Crippen molar-refractivity contribution >= 4 is 29.1 Å². The van der Waals surface area contributed by atoms with Gasteiger partial charge >= 0.3 is 0 Å². The summed E-state index contributed by atoms with van der Waals surface area (Å²) >= 11 is 1.72. The van der Waals surface area contributed by atoms with E-state index in [2.05, 4.69) is 25.6 Å². The van der Waals surface area contributed by atoms with Crippen LogP contribution in [-0.4, -0.2) is 58.8 Å². The van der Waals surface area contributed by atoms with Gasteiger partial charge in [-0.2, -0.15) is 0 Å². The lowest BCUT2D eigenvalue weighted by Crippen LogP contribution is -2.33. The van der Waals surface area contributed by atoms with Crippen molar-refractivity contribution in [3.8, 4) is 11.3 Å². The third-order valence-corrected chi connectivity index (χ3v) is 5.58. The standard InChI is InChI=1S/C13H10N6.C6H13NOS/c14-13-16-8-9-3-4-11(19(9)17-13)10-2-1-6-18-7-5-15-12(10)18;1-9-7-4-2-3-6(8)5-7/h1-8H,(H2,14,17);6,8H,2-5H2,1H3. The number of anilines is 1. The molecular weight excluding hydrogens is 374 g/mol. The van der Waals surface area contributed by atoms with Gasteiger partial charge in [0.1, 0.15) is 5.65 Å². The molecule has 1 fully saturated rings. The number of aliphatic hydroxyl groups excluding tert-OH is 1. The van der Waals surface area contributed by atoms with Crippen LogP contribution in [0.3, 0.4) is 0 Å². The van der Waals surface area contributed by atoms with Crippen molar-refractivity contribution in [1.82, 2.24) is 28.3 Å². The molecule has 4 aromatic heterocycles. The van der Waals surface area contributed by atoms with E-state index in [0.717, 1.165) is 48.4 Å². The van der Waals surface area contributed by atoms with Gasteiger partial charge in [0, 0.05) is 37.2 Å². The number of β-amino-alcohol motifs (C(OH)–C–C–N with tert-alkyl or cyclic N) is 1. The highest BCUT2D eigenvalue weighted by molar-refractivity contribution is 7.96. The lowest BCUT2D eigenvalue weighted by molar-refractivity contribution is 0.113. The minimum atomic E-state index is -0.0776. The molecule has 8 nitrogen and oxygen atoms in total. The van der Waals surface area contributed by atoms with Gasteiger partial charge < -0.3 is 15.2 Å². The molecule has 9 heteroatoms. The summed E-state index contributed by atoms with van der Waals surface area (Å²) in [4.78, 5) is 8.37. The Hall–Kier alpha value is -2.62. The minimum Gasteiger partial charge on any atom is -0.392 e. The maximum atomic E-state index is 9.16. The average Bonchev–Trinajstić information content (AvgIpc) is 3.35. The summed E-state index contributed by atoms with van der Waals surface area (Å²) < 4.78 is 5.96. The number of imidazole rings is 1. The van der Waals surface area contributed by atoms with Crippen molar-refractivity contribution in [1.29, 1.82) is 0 Å². The Bertz CT molecular complexity index is 1080. The Morgan fingerprint density at radius 2 is 2.11 bits per heavy atom. The van der Waals surface area contributed by atoms with Crippen molar-refractivity contribution in [2.75, 3.05) is 25.1 Å². The largest absolute Gasteiger partial charge is 0.392 e. The van der Waals surface area contributed by atoms with Gasteiger partial charge in [-0.05, 0) is 43.4 Å². The van der Waals surface area contributed by atoms with E-state index in [0.29, 0.717) is 0 Å².